The molecular formula is C13H10FN5OS. The van der Waals surface area contributed by atoms with Crippen LogP contribution >= 0.6 is 11.5 Å². The summed E-state index contributed by atoms with van der Waals surface area (Å²) in [5, 5.41) is 12.1. The largest absolute Gasteiger partial charge is 0.305 e. The van der Waals surface area contributed by atoms with E-state index in [1.807, 2.05) is 0 Å². The molecule has 2 heterocycles. The van der Waals surface area contributed by atoms with Crippen molar-refractivity contribution in [2.24, 2.45) is 0 Å². The number of halogens is 1. The quantitative estimate of drug-likeness (QED) is 0.806. The van der Waals surface area contributed by atoms with Gasteiger partial charge in [0, 0.05) is 11.4 Å². The normalized spacial score (nSPS) is 10.6. The molecule has 0 saturated heterocycles. The van der Waals surface area contributed by atoms with Gasteiger partial charge >= 0.3 is 0 Å². The van der Waals surface area contributed by atoms with Gasteiger partial charge in [0.25, 0.3) is 5.91 Å². The van der Waals surface area contributed by atoms with Crippen LogP contribution in [0.1, 0.15) is 16.2 Å². The molecule has 0 radical (unpaired) electrons. The van der Waals surface area contributed by atoms with E-state index in [1.54, 1.807) is 31.2 Å². The van der Waals surface area contributed by atoms with Gasteiger partial charge in [-0.25, -0.2) is 9.07 Å². The number of carbonyl (C=O) groups excluding carboxylic acids is 1. The second-order valence-electron chi connectivity index (χ2n) is 4.28. The number of aromatic nitrogens is 4. The van der Waals surface area contributed by atoms with Gasteiger partial charge in [0.2, 0.25) is 0 Å². The van der Waals surface area contributed by atoms with Crippen molar-refractivity contribution in [3.8, 4) is 5.69 Å². The third kappa shape index (κ3) is 2.65. The van der Waals surface area contributed by atoms with Crippen LogP contribution in [-0.4, -0.2) is 25.3 Å². The average molecular weight is 303 g/mol. The predicted molar refractivity (Wildman–Crippen MR) is 76.1 cm³/mol. The highest BCUT2D eigenvalue weighted by Crippen LogP contribution is 2.20. The molecule has 0 atom stereocenters. The molecule has 8 heteroatoms. The minimum atomic E-state index is -0.425. The Hall–Kier alpha value is -2.61. The van der Waals surface area contributed by atoms with E-state index in [0.29, 0.717) is 11.5 Å². The Morgan fingerprint density at radius 3 is 2.90 bits per heavy atom. The molecule has 21 heavy (non-hydrogen) atoms. The maximum absolute atomic E-state index is 13.9. The zero-order chi connectivity index (χ0) is 14.8. The lowest BCUT2D eigenvalue weighted by Gasteiger charge is -2.08. The van der Waals surface area contributed by atoms with Crippen molar-refractivity contribution in [2.45, 2.75) is 6.92 Å². The van der Waals surface area contributed by atoms with Crippen molar-refractivity contribution in [1.82, 2.24) is 19.4 Å². The molecule has 3 rings (SSSR count). The molecular weight excluding hydrogens is 293 g/mol. The number of hydrogen-bond donors (Lipinski definition) is 1. The number of benzene rings is 1. The maximum Gasteiger partial charge on any atom is 0.278 e. The zero-order valence-corrected chi connectivity index (χ0v) is 11.8. The summed E-state index contributed by atoms with van der Waals surface area (Å²) in [6.07, 6.45) is 0. The number of amides is 1. The van der Waals surface area contributed by atoms with E-state index in [9.17, 15) is 9.18 Å². The Balaban J connectivity index is 1.97. The molecule has 0 unspecified atom stereocenters. The molecule has 1 aromatic carbocycles. The SMILES string of the molecule is Cc1cc(NC(=O)c2csnn2)n(-c2ccccc2F)n1. The van der Waals surface area contributed by atoms with Crippen molar-refractivity contribution in [1.29, 1.82) is 0 Å². The lowest BCUT2D eigenvalue weighted by molar-refractivity contribution is 0.102. The predicted octanol–water partition coefficient (Wildman–Crippen LogP) is 2.42. The first-order valence-electron chi connectivity index (χ1n) is 6.05. The van der Waals surface area contributed by atoms with Crippen molar-refractivity contribution in [2.75, 3.05) is 5.32 Å². The van der Waals surface area contributed by atoms with Crippen molar-refractivity contribution < 1.29 is 9.18 Å². The van der Waals surface area contributed by atoms with Crippen LogP contribution in [0.25, 0.3) is 5.69 Å². The topological polar surface area (TPSA) is 72.7 Å². The summed E-state index contributed by atoms with van der Waals surface area (Å²) in [6, 6.07) is 7.87. The second kappa shape index (κ2) is 5.41. The van der Waals surface area contributed by atoms with Gasteiger partial charge in [0.15, 0.2) is 5.69 Å². The number of nitrogens with zero attached hydrogens (tertiary/aromatic N) is 4. The van der Waals surface area contributed by atoms with Crippen molar-refractivity contribution >= 4 is 23.3 Å². The molecule has 1 amide bonds. The maximum atomic E-state index is 13.9. The molecule has 0 fully saturated rings. The van der Waals surface area contributed by atoms with Crippen LogP contribution in [0.3, 0.4) is 0 Å². The van der Waals surface area contributed by atoms with E-state index >= 15 is 0 Å². The molecule has 0 bridgehead atoms. The Kier molecular flexibility index (Phi) is 3.44. The fraction of sp³-hybridized carbons (Fsp3) is 0.0769. The molecule has 0 aliphatic heterocycles. The number of aryl methyl sites for hydroxylation is 1. The van der Waals surface area contributed by atoms with Crippen molar-refractivity contribution in [3.05, 3.63) is 52.9 Å². The van der Waals surface area contributed by atoms with Crippen molar-refractivity contribution in [3.63, 3.8) is 0 Å². The van der Waals surface area contributed by atoms with E-state index in [2.05, 4.69) is 20.0 Å². The van der Waals surface area contributed by atoms with Gasteiger partial charge in [-0.05, 0) is 30.6 Å². The van der Waals surface area contributed by atoms with Crippen LogP contribution in [0.2, 0.25) is 0 Å². The number of carbonyl (C=O) groups is 1. The number of hydrogen-bond acceptors (Lipinski definition) is 5. The minimum absolute atomic E-state index is 0.207. The molecule has 1 N–H and O–H groups in total. The third-order valence-corrected chi connectivity index (χ3v) is 3.25. The van der Waals surface area contributed by atoms with Gasteiger partial charge in [-0.2, -0.15) is 5.10 Å². The number of anilines is 1. The van der Waals surface area contributed by atoms with Gasteiger partial charge in [-0.3, -0.25) is 4.79 Å². The molecule has 2 aromatic heterocycles. The molecule has 0 aliphatic carbocycles. The summed E-state index contributed by atoms with van der Waals surface area (Å²) in [5.74, 6) is -0.469. The summed E-state index contributed by atoms with van der Waals surface area (Å²) in [4.78, 5) is 12.0. The fourth-order valence-electron chi connectivity index (χ4n) is 1.84. The highest BCUT2D eigenvalue weighted by molar-refractivity contribution is 7.03. The minimum Gasteiger partial charge on any atom is -0.305 e. The smallest absolute Gasteiger partial charge is 0.278 e. The third-order valence-electron chi connectivity index (χ3n) is 2.75. The Morgan fingerprint density at radius 2 is 2.19 bits per heavy atom. The Bertz CT molecular complexity index is 784. The molecule has 0 saturated carbocycles. The standard InChI is InChI=1S/C13H10FN5OS/c1-8-6-12(15-13(20)10-7-21-18-16-10)19(17-8)11-5-3-2-4-9(11)14/h2-7H,1H3,(H,15,20). The summed E-state index contributed by atoms with van der Waals surface area (Å²) < 4.78 is 18.9. The van der Waals surface area contributed by atoms with Crippen LogP contribution in [0.5, 0.6) is 0 Å². The molecule has 6 nitrogen and oxygen atoms in total. The summed E-state index contributed by atoms with van der Waals surface area (Å²) in [5.41, 5.74) is 1.13. The van der Waals surface area contributed by atoms with Crippen LogP contribution < -0.4 is 5.32 Å². The first-order chi connectivity index (χ1) is 10.1. The van der Waals surface area contributed by atoms with E-state index in [-0.39, 0.29) is 11.4 Å². The lowest BCUT2D eigenvalue weighted by Crippen LogP contribution is -2.16. The number of nitrogens with one attached hydrogen (secondary N) is 1. The first-order valence-corrected chi connectivity index (χ1v) is 6.89. The van der Waals surface area contributed by atoms with Crippen LogP contribution in [0.15, 0.2) is 35.7 Å². The summed E-state index contributed by atoms with van der Waals surface area (Å²) in [7, 11) is 0. The Morgan fingerprint density at radius 1 is 1.38 bits per heavy atom. The summed E-state index contributed by atoms with van der Waals surface area (Å²) in [6.45, 7) is 1.76. The monoisotopic (exact) mass is 303 g/mol. The highest BCUT2D eigenvalue weighted by Gasteiger charge is 2.15. The van der Waals surface area contributed by atoms with Crippen LogP contribution in [0.4, 0.5) is 10.2 Å². The van der Waals surface area contributed by atoms with E-state index in [0.717, 1.165) is 11.5 Å². The van der Waals surface area contributed by atoms with Gasteiger partial charge in [-0.15, -0.1) is 5.10 Å². The first kappa shape index (κ1) is 13.4. The number of para-hydroxylation sites is 1. The molecule has 106 valence electrons. The van der Waals surface area contributed by atoms with Gasteiger partial charge in [0.05, 0.1) is 5.69 Å². The lowest BCUT2D eigenvalue weighted by atomic mass is 10.3. The average Bonchev–Trinajstić information content (AvgIpc) is 3.09. The highest BCUT2D eigenvalue weighted by atomic mass is 32.1. The van der Waals surface area contributed by atoms with Crippen LogP contribution in [-0.2, 0) is 0 Å². The Labute approximate surface area is 123 Å². The van der Waals surface area contributed by atoms with E-state index in [4.69, 9.17) is 0 Å². The fourth-order valence-corrected chi connectivity index (χ4v) is 2.28. The number of rotatable bonds is 3. The van der Waals surface area contributed by atoms with E-state index in [1.165, 1.54) is 16.1 Å². The molecule has 0 aliphatic rings. The molecule has 0 spiro atoms. The van der Waals surface area contributed by atoms with Gasteiger partial charge < -0.3 is 5.32 Å². The van der Waals surface area contributed by atoms with Crippen LogP contribution in [0, 0.1) is 12.7 Å². The van der Waals surface area contributed by atoms with Gasteiger partial charge in [-0.1, -0.05) is 16.6 Å². The van der Waals surface area contributed by atoms with Gasteiger partial charge in [0.1, 0.15) is 17.3 Å². The summed E-state index contributed by atoms with van der Waals surface area (Å²) >= 11 is 1.08. The second-order valence-corrected chi connectivity index (χ2v) is 4.89. The molecule has 3 aromatic rings. The van der Waals surface area contributed by atoms with E-state index < -0.39 is 11.7 Å². The zero-order valence-electron chi connectivity index (χ0n) is 10.9.